The lowest BCUT2D eigenvalue weighted by Gasteiger charge is -2.21. The minimum Gasteiger partial charge on any atom is -0.465 e. The minimum absolute atomic E-state index is 0.0425. The Kier molecular flexibility index (Phi) is 8.08. The van der Waals surface area contributed by atoms with E-state index in [2.05, 4.69) is 63.7 Å². The molecule has 1 aliphatic heterocycles. The number of pyridine rings is 1. The number of nitrogens with one attached hydrogen (secondary N) is 2. The summed E-state index contributed by atoms with van der Waals surface area (Å²) >= 11 is 0. The van der Waals surface area contributed by atoms with E-state index in [1.807, 2.05) is 24.3 Å². The van der Waals surface area contributed by atoms with Gasteiger partial charge in [0.05, 0.1) is 5.92 Å². The smallest absolute Gasteiger partial charge is 0.437 e. The van der Waals surface area contributed by atoms with Crippen LogP contribution in [0.1, 0.15) is 65.3 Å². The van der Waals surface area contributed by atoms with Crippen molar-refractivity contribution in [3.8, 4) is 11.4 Å². The van der Waals surface area contributed by atoms with Crippen molar-refractivity contribution in [1.29, 1.82) is 0 Å². The van der Waals surface area contributed by atoms with E-state index in [9.17, 15) is 14.7 Å². The van der Waals surface area contributed by atoms with Gasteiger partial charge in [0.15, 0.2) is 0 Å². The average molecular weight is 550 g/mol. The summed E-state index contributed by atoms with van der Waals surface area (Å²) in [7, 11) is 0. The van der Waals surface area contributed by atoms with Crippen LogP contribution in [0, 0.1) is 0 Å². The summed E-state index contributed by atoms with van der Waals surface area (Å²) in [5.74, 6) is 1.21. The molecule has 0 bridgehead atoms. The number of anilines is 2. The largest absolute Gasteiger partial charge is 0.465 e. The zero-order valence-corrected chi connectivity index (χ0v) is 23.6. The highest BCUT2D eigenvalue weighted by molar-refractivity contribution is 5.98. The Bertz CT molecular complexity index is 1390. The van der Waals surface area contributed by atoms with Gasteiger partial charge in [-0.15, -0.1) is 4.99 Å². The Hall–Kier alpha value is -4.48. The molecule has 2 amide bonds. The maximum absolute atomic E-state index is 12.2. The van der Waals surface area contributed by atoms with E-state index in [1.54, 1.807) is 31.9 Å². The topological polar surface area (TPSA) is 155 Å². The third kappa shape index (κ3) is 7.55. The van der Waals surface area contributed by atoms with E-state index in [0.717, 1.165) is 5.69 Å². The molecule has 212 valence electrons. The molecule has 2 aromatic heterocycles. The highest BCUT2D eigenvalue weighted by atomic mass is 16.6. The number of hydrogen-bond acceptors (Lipinski definition) is 8. The molecule has 0 saturated carbocycles. The van der Waals surface area contributed by atoms with Crippen LogP contribution in [0.5, 0.6) is 0 Å². The maximum Gasteiger partial charge on any atom is 0.437 e. The summed E-state index contributed by atoms with van der Waals surface area (Å²) in [4.78, 5) is 38.0. The fourth-order valence-corrected chi connectivity index (χ4v) is 4.13. The van der Waals surface area contributed by atoms with E-state index in [0.29, 0.717) is 42.6 Å². The molecular weight excluding hydrogens is 514 g/mol. The summed E-state index contributed by atoms with van der Waals surface area (Å²) < 4.78 is 10.7. The third-order valence-corrected chi connectivity index (χ3v) is 6.11. The highest BCUT2D eigenvalue weighted by Crippen LogP contribution is 2.29. The van der Waals surface area contributed by atoms with Gasteiger partial charge in [0.2, 0.25) is 17.7 Å². The summed E-state index contributed by atoms with van der Waals surface area (Å²) in [6.07, 6.45) is 0.0594. The van der Waals surface area contributed by atoms with E-state index in [1.165, 1.54) is 5.56 Å². The number of carboxylic acid groups (broad SMARTS) is 1. The van der Waals surface area contributed by atoms with E-state index in [-0.39, 0.29) is 17.3 Å². The first-order valence-corrected chi connectivity index (χ1v) is 13.0. The first-order chi connectivity index (χ1) is 18.8. The number of benzene rings is 1. The van der Waals surface area contributed by atoms with Crippen molar-refractivity contribution in [2.24, 2.45) is 4.99 Å². The number of carbonyl (C=O) groups is 2. The van der Waals surface area contributed by atoms with Gasteiger partial charge in [0.25, 0.3) is 0 Å². The molecule has 1 fully saturated rings. The standard InChI is InChI=1S/C28H35N7O5/c1-27(2,3)19-8-7-9-20(14-19)30-21-11-10-17(15-29-21)22-31-23(40-34-22)18-12-13-35(16-18)24(32-25(36)37)33-26(38)39-28(4,5)6/h7-11,14-15,18H,12-13,16H2,1-6H3,(H,29,30)(H,36,37)(H,32,33,38)/t18-/m1/s1. The van der Waals surface area contributed by atoms with Gasteiger partial charge in [-0.25, -0.2) is 14.6 Å². The first-order valence-electron chi connectivity index (χ1n) is 13.0. The molecule has 40 heavy (non-hydrogen) atoms. The van der Waals surface area contributed by atoms with Crippen LogP contribution in [0.2, 0.25) is 0 Å². The molecule has 0 unspecified atom stereocenters. The number of guanidine groups is 1. The number of nitrogens with zero attached hydrogens (tertiary/aromatic N) is 5. The van der Waals surface area contributed by atoms with Crippen LogP contribution in [0.3, 0.4) is 0 Å². The van der Waals surface area contributed by atoms with Crippen molar-refractivity contribution < 1.29 is 24.0 Å². The number of ether oxygens (including phenoxy) is 1. The molecule has 1 aliphatic rings. The quantitative estimate of drug-likeness (QED) is 0.280. The molecule has 3 N–H and O–H groups in total. The van der Waals surface area contributed by atoms with Gasteiger partial charge in [-0.2, -0.15) is 4.98 Å². The summed E-state index contributed by atoms with van der Waals surface area (Å²) in [6, 6.07) is 11.9. The number of likely N-dealkylation sites (tertiary alicyclic amines) is 1. The van der Waals surface area contributed by atoms with Crippen LogP contribution in [0.4, 0.5) is 21.1 Å². The number of amides is 2. The van der Waals surface area contributed by atoms with Crippen molar-refractivity contribution in [1.82, 2.24) is 25.3 Å². The fraction of sp³-hybridized carbons (Fsp3) is 0.429. The van der Waals surface area contributed by atoms with Gasteiger partial charge in [0, 0.05) is 30.5 Å². The molecular formula is C28H35N7O5. The predicted molar refractivity (Wildman–Crippen MR) is 150 cm³/mol. The molecule has 4 rings (SSSR count). The predicted octanol–water partition coefficient (Wildman–Crippen LogP) is 5.52. The monoisotopic (exact) mass is 549 g/mol. The van der Waals surface area contributed by atoms with Crippen molar-refractivity contribution in [3.05, 3.63) is 54.0 Å². The normalized spacial score (nSPS) is 16.1. The second-order valence-electron chi connectivity index (χ2n) is 11.6. The summed E-state index contributed by atoms with van der Waals surface area (Å²) in [5, 5.41) is 18.8. The fourth-order valence-electron chi connectivity index (χ4n) is 4.13. The Morgan fingerprint density at radius 3 is 2.58 bits per heavy atom. The SMILES string of the molecule is CC(C)(C)OC(=O)N=C(NC(=O)O)N1CC[C@@H](c2nc(-c3ccc(Nc4cccc(C(C)(C)C)c4)nc3)no2)C1. The van der Waals surface area contributed by atoms with Crippen molar-refractivity contribution >= 4 is 29.7 Å². The van der Waals surface area contributed by atoms with Crippen LogP contribution < -0.4 is 10.6 Å². The lowest BCUT2D eigenvalue weighted by molar-refractivity contribution is 0.0601. The van der Waals surface area contributed by atoms with Crippen LogP contribution >= 0.6 is 0 Å². The molecule has 3 aromatic rings. The van der Waals surface area contributed by atoms with Gasteiger partial charge in [-0.3, -0.25) is 5.32 Å². The number of hydrogen-bond donors (Lipinski definition) is 3. The minimum atomic E-state index is -1.34. The van der Waals surface area contributed by atoms with E-state index in [4.69, 9.17) is 9.26 Å². The number of aliphatic imine (C=N–C) groups is 1. The van der Waals surface area contributed by atoms with Crippen molar-refractivity contribution in [2.75, 3.05) is 18.4 Å². The van der Waals surface area contributed by atoms with Crippen LogP contribution in [-0.4, -0.2) is 62.0 Å². The third-order valence-electron chi connectivity index (χ3n) is 6.11. The highest BCUT2D eigenvalue weighted by Gasteiger charge is 2.32. The molecule has 1 saturated heterocycles. The van der Waals surface area contributed by atoms with Crippen molar-refractivity contribution in [3.63, 3.8) is 0 Å². The molecule has 0 aliphatic carbocycles. The maximum atomic E-state index is 12.2. The van der Waals surface area contributed by atoms with E-state index < -0.39 is 17.8 Å². The molecule has 12 nitrogen and oxygen atoms in total. The van der Waals surface area contributed by atoms with Crippen LogP contribution in [0.15, 0.2) is 52.1 Å². The van der Waals surface area contributed by atoms with Gasteiger partial charge in [0.1, 0.15) is 11.4 Å². The molecule has 3 heterocycles. The Balaban J connectivity index is 1.42. The number of rotatable bonds is 4. The van der Waals surface area contributed by atoms with Crippen molar-refractivity contribution in [2.45, 2.75) is 64.9 Å². The lowest BCUT2D eigenvalue weighted by atomic mass is 9.87. The van der Waals surface area contributed by atoms with E-state index >= 15 is 0 Å². The number of aromatic nitrogens is 3. The average Bonchev–Trinajstić information content (AvgIpc) is 3.53. The zero-order valence-electron chi connectivity index (χ0n) is 23.6. The summed E-state index contributed by atoms with van der Waals surface area (Å²) in [6.45, 7) is 12.4. The lowest BCUT2D eigenvalue weighted by Crippen LogP contribution is -2.43. The Morgan fingerprint density at radius 2 is 1.93 bits per heavy atom. The summed E-state index contributed by atoms with van der Waals surface area (Å²) in [5.41, 5.74) is 2.15. The molecule has 1 aromatic carbocycles. The molecule has 0 radical (unpaired) electrons. The van der Waals surface area contributed by atoms with Gasteiger partial charge in [-0.05, 0) is 62.4 Å². The Morgan fingerprint density at radius 1 is 1.15 bits per heavy atom. The number of carbonyl (C=O) groups excluding carboxylic acids is 1. The second kappa shape index (κ2) is 11.3. The zero-order chi connectivity index (χ0) is 29.1. The van der Waals surface area contributed by atoms with Crippen LogP contribution in [-0.2, 0) is 10.2 Å². The molecule has 1 atom stereocenters. The van der Waals surface area contributed by atoms with Gasteiger partial charge < -0.3 is 24.6 Å². The Labute approximate surface area is 232 Å². The van der Waals surface area contributed by atoms with Gasteiger partial charge in [-0.1, -0.05) is 38.1 Å². The second-order valence-corrected chi connectivity index (χ2v) is 11.6. The van der Waals surface area contributed by atoms with Gasteiger partial charge >= 0.3 is 12.2 Å². The van der Waals surface area contributed by atoms with Crippen LogP contribution in [0.25, 0.3) is 11.4 Å². The first kappa shape index (κ1) is 28.5. The molecule has 0 spiro atoms. The molecule has 12 heteroatoms.